The van der Waals surface area contributed by atoms with Gasteiger partial charge in [0.15, 0.2) is 0 Å². The van der Waals surface area contributed by atoms with Gasteiger partial charge in [-0.3, -0.25) is 0 Å². The Bertz CT molecular complexity index is 204. The van der Waals surface area contributed by atoms with E-state index in [0.717, 1.165) is 12.3 Å². The van der Waals surface area contributed by atoms with Crippen LogP contribution in [0, 0.1) is 5.92 Å². The molecule has 0 fully saturated rings. The SMILES string of the molecule is NC1=NC=CC(C(F)(F)F)C1. The van der Waals surface area contributed by atoms with Crippen molar-refractivity contribution >= 4 is 5.84 Å². The predicted octanol–water partition coefficient (Wildman–Crippen LogP) is 1.44. The van der Waals surface area contributed by atoms with Gasteiger partial charge in [-0.2, -0.15) is 13.2 Å². The van der Waals surface area contributed by atoms with Gasteiger partial charge in [-0.15, -0.1) is 0 Å². The van der Waals surface area contributed by atoms with Crippen LogP contribution in [0.4, 0.5) is 13.2 Å². The Morgan fingerprint density at radius 2 is 2.18 bits per heavy atom. The standard InChI is InChI=1S/C6H7F3N2/c7-6(8,9)4-1-2-11-5(10)3-4/h1-2,4H,3H2,(H2,10,11). The molecule has 2 N–H and O–H groups in total. The summed E-state index contributed by atoms with van der Waals surface area (Å²) >= 11 is 0. The van der Waals surface area contributed by atoms with E-state index in [0.29, 0.717) is 0 Å². The first-order valence-electron chi connectivity index (χ1n) is 3.05. The van der Waals surface area contributed by atoms with Gasteiger partial charge in [-0.05, 0) is 0 Å². The maximum absolute atomic E-state index is 12.0. The highest BCUT2D eigenvalue weighted by Crippen LogP contribution is 2.31. The topological polar surface area (TPSA) is 38.4 Å². The lowest BCUT2D eigenvalue weighted by Gasteiger charge is -2.17. The molecule has 0 aromatic heterocycles. The Labute approximate surface area is 61.6 Å². The second-order valence-electron chi connectivity index (χ2n) is 2.31. The van der Waals surface area contributed by atoms with Crippen LogP contribution in [-0.2, 0) is 0 Å². The molecular formula is C6H7F3N2. The largest absolute Gasteiger partial charge is 0.395 e. The zero-order valence-corrected chi connectivity index (χ0v) is 5.60. The van der Waals surface area contributed by atoms with Crippen molar-refractivity contribution in [3.63, 3.8) is 0 Å². The third-order valence-corrected chi connectivity index (χ3v) is 1.41. The lowest BCUT2D eigenvalue weighted by molar-refractivity contribution is -0.159. The van der Waals surface area contributed by atoms with Gasteiger partial charge in [-0.25, -0.2) is 4.99 Å². The molecule has 0 aromatic rings. The molecular weight excluding hydrogens is 157 g/mol. The highest BCUT2D eigenvalue weighted by molar-refractivity contribution is 5.82. The van der Waals surface area contributed by atoms with Gasteiger partial charge in [0.1, 0.15) is 0 Å². The van der Waals surface area contributed by atoms with Crippen molar-refractivity contribution in [1.82, 2.24) is 0 Å². The summed E-state index contributed by atoms with van der Waals surface area (Å²) in [5.74, 6) is -1.42. The highest BCUT2D eigenvalue weighted by Gasteiger charge is 2.38. The second-order valence-corrected chi connectivity index (χ2v) is 2.31. The fraction of sp³-hybridized carbons (Fsp3) is 0.500. The van der Waals surface area contributed by atoms with Crippen LogP contribution in [0.1, 0.15) is 6.42 Å². The van der Waals surface area contributed by atoms with Crippen molar-refractivity contribution < 1.29 is 13.2 Å². The van der Waals surface area contributed by atoms with Gasteiger partial charge in [-0.1, -0.05) is 6.08 Å². The van der Waals surface area contributed by atoms with Crippen LogP contribution in [0.25, 0.3) is 0 Å². The van der Waals surface area contributed by atoms with Crippen LogP contribution >= 0.6 is 0 Å². The molecule has 0 spiro atoms. The lowest BCUT2D eigenvalue weighted by Crippen LogP contribution is -2.28. The molecule has 1 aliphatic rings. The summed E-state index contributed by atoms with van der Waals surface area (Å²) in [5.41, 5.74) is 5.12. The van der Waals surface area contributed by atoms with E-state index in [1.54, 1.807) is 0 Å². The van der Waals surface area contributed by atoms with Crippen molar-refractivity contribution in [2.45, 2.75) is 12.6 Å². The number of nitrogens with two attached hydrogens (primary N) is 1. The normalized spacial score (nSPS) is 25.0. The predicted molar refractivity (Wildman–Crippen MR) is 34.9 cm³/mol. The molecule has 0 amide bonds. The van der Waals surface area contributed by atoms with Crippen LogP contribution in [0.5, 0.6) is 0 Å². The van der Waals surface area contributed by atoms with E-state index in [1.165, 1.54) is 0 Å². The van der Waals surface area contributed by atoms with E-state index in [4.69, 9.17) is 5.73 Å². The van der Waals surface area contributed by atoms with Crippen molar-refractivity contribution in [3.05, 3.63) is 12.3 Å². The first-order valence-corrected chi connectivity index (χ1v) is 3.05. The summed E-state index contributed by atoms with van der Waals surface area (Å²) in [6.45, 7) is 0. The Hall–Kier alpha value is -1.00. The van der Waals surface area contributed by atoms with E-state index in [-0.39, 0.29) is 12.3 Å². The number of allylic oxidation sites excluding steroid dienone is 1. The first kappa shape index (κ1) is 8.10. The molecule has 0 saturated heterocycles. The maximum atomic E-state index is 12.0. The zero-order valence-electron chi connectivity index (χ0n) is 5.60. The van der Waals surface area contributed by atoms with Crippen LogP contribution < -0.4 is 5.73 Å². The average Bonchev–Trinajstić information content (AvgIpc) is 1.86. The van der Waals surface area contributed by atoms with E-state index < -0.39 is 12.1 Å². The van der Waals surface area contributed by atoms with E-state index in [9.17, 15) is 13.2 Å². The Balaban J connectivity index is 2.67. The van der Waals surface area contributed by atoms with E-state index in [1.807, 2.05) is 0 Å². The molecule has 1 rings (SSSR count). The number of amidine groups is 1. The highest BCUT2D eigenvalue weighted by atomic mass is 19.4. The molecule has 11 heavy (non-hydrogen) atoms. The summed E-state index contributed by atoms with van der Waals surface area (Å²) in [6.07, 6.45) is -2.32. The maximum Gasteiger partial charge on any atom is 0.395 e. The zero-order chi connectivity index (χ0) is 8.48. The molecule has 1 unspecified atom stereocenters. The van der Waals surface area contributed by atoms with Gasteiger partial charge in [0.05, 0.1) is 11.8 Å². The fourth-order valence-corrected chi connectivity index (χ4v) is 0.814. The second kappa shape index (κ2) is 2.56. The molecule has 0 bridgehead atoms. The molecule has 0 radical (unpaired) electrons. The van der Waals surface area contributed by atoms with E-state index >= 15 is 0 Å². The minimum absolute atomic E-state index is 0.0369. The summed E-state index contributed by atoms with van der Waals surface area (Å²) in [7, 11) is 0. The van der Waals surface area contributed by atoms with Gasteiger partial charge in [0.2, 0.25) is 0 Å². The Morgan fingerprint density at radius 3 is 2.55 bits per heavy atom. The number of alkyl halides is 3. The number of hydrogen-bond acceptors (Lipinski definition) is 2. The minimum Gasteiger partial charge on any atom is -0.387 e. The number of halogens is 3. The number of rotatable bonds is 0. The van der Waals surface area contributed by atoms with Gasteiger partial charge in [0, 0.05) is 12.6 Å². The van der Waals surface area contributed by atoms with Crippen LogP contribution in [0.2, 0.25) is 0 Å². The van der Waals surface area contributed by atoms with Crippen LogP contribution in [-0.4, -0.2) is 12.0 Å². The Kier molecular flexibility index (Phi) is 1.89. The average molecular weight is 164 g/mol. The molecule has 0 saturated carbocycles. The summed E-state index contributed by atoms with van der Waals surface area (Å²) in [4.78, 5) is 3.51. The van der Waals surface area contributed by atoms with Crippen molar-refractivity contribution in [3.8, 4) is 0 Å². The van der Waals surface area contributed by atoms with Crippen LogP contribution in [0.3, 0.4) is 0 Å². The fourth-order valence-electron chi connectivity index (χ4n) is 0.814. The number of aliphatic imine (C=N–C) groups is 1. The number of nitrogens with zero attached hydrogens (tertiary/aromatic N) is 1. The summed E-state index contributed by atoms with van der Waals surface area (Å²) < 4.78 is 35.9. The molecule has 0 aliphatic carbocycles. The molecule has 2 nitrogen and oxygen atoms in total. The smallest absolute Gasteiger partial charge is 0.387 e. The molecule has 1 atom stereocenters. The first-order chi connectivity index (χ1) is 5.00. The van der Waals surface area contributed by atoms with Gasteiger partial charge < -0.3 is 5.73 Å². The third-order valence-electron chi connectivity index (χ3n) is 1.41. The van der Waals surface area contributed by atoms with Gasteiger partial charge >= 0.3 is 6.18 Å². The monoisotopic (exact) mass is 164 g/mol. The lowest BCUT2D eigenvalue weighted by atomic mass is 10.0. The molecule has 1 heterocycles. The third kappa shape index (κ3) is 1.96. The molecule has 5 heteroatoms. The molecule has 0 aromatic carbocycles. The summed E-state index contributed by atoms with van der Waals surface area (Å²) in [5, 5.41) is 0. The summed E-state index contributed by atoms with van der Waals surface area (Å²) in [6, 6.07) is 0. The quantitative estimate of drug-likeness (QED) is 0.578. The minimum atomic E-state index is -4.20. The van der Waals surface area contributed by atoms with Crippen molar-refractivity contribution in [2.75, 3.05) is 0 Å². The number of hydrogen-bond donors (Lipinski definition) is 1. The van der Waals surface area contributed by atoms with E-state index in [2.05, 4.69) is 4.99 Å². The van der Waals surface area contributed by atoms with Crippen molar-refractivity contribution in [1.29, 1.82) is 0 Å². The van der Waals surface area contributed by atoms with Crippen molar-refractivity contribution in [2.24, 2.45) is 16.6 Å². The molecule has 62 valence electrons. The van der Waals surface area contributed by atoms with Gasteiger partial charge in [0.25, 0.3) is 0 Å². The Morgan fingerprint density at radius 1 is 1.55 bits per heavy atom. The molecule has 1 aliphatic heterocycles. The van der Waals surface area contributed by atoms with Crippen LogP contribution in [0.15, 0.2) is 17.3 Å².